The van der Waals surface area contributed by atoms with Gasteiger partial charge >= 0.3 is 0 Å². The lowest BCUT2D eigenvalue weighted by Gasteiger charge is -2.39. The number of carbonyl (C=O) groups is 1. The van der Waals surface area contributed by atoms with Gasteiger partial charge in [0.05, 0.1) is 28.6 Å². The molecule has 0 aliphatic carbocycles. The van der Waals surface area contributed by atoms with Crippen molar-refractivity contribution in [1.82, 2.24) is 19.3 Å². The zero-order valence-corrected chi connectivity index (χ0v) is 14.6. The summed E-state index contributed by atoms with van der Waals surface area (Å²) in [6.07, 6.45) is 4.18. The van der Waals surface area contributed by atoms with Gasteiger partial charge in [-0.25, -0.2) is 9.97 Å². The van der Waals surface area contributed by atoms with Gasteiger partial charge < -0.3 is 10.2 Å². The van der Waals surface area contributed by atoms with Gasteiger partial charge in [-0.15, -0.1) is 0 Å². The lowest BCUT2D eigenvalue weighted by atomic mass is 10.1. The van der Waals surface area contributed by atoms with E-state index < -0.39 is 0 Å². The Hall–Kier alpha value is -2.60. The van der Waals surface area contributed by atoms with E-state index in [0.717, 1.165) is 35.9 Å². The van der Waals surface area contributed by atoms with Crippen LogP contribution in [0.3, 0.4) is 0 Å². The van der Waals surface area contributed by atoms with E-state index in [9.17, 15) is 4.79 Å². The van der Waals surface area contributed by atoms with E-state index in [0.29, 0.717) is 11.4 Å². The minimum atomic E-state index is 0.197. The summed E-state index contributed by atoms with van der Waals surface area (Å²) >= 11 is 6.10. The third kappa shape index (κ3) is 3.05. The van der Waals surface area contributed by atoms with E-state index in [1.54, 1.807) is 6.20 Å². The predicted molar refractivity (Wildman–Crippen MR) is 97.7 cm³/mol. The molecule has 1 amide bonds. The number of likely N-dealkylation sites (tertiary alicyclic amines) is 1. The summed E-state index contributed by atoms with van der Waals surface area (Å²) < 4.78 is 1.93. The van der Waals surface area contributed by atoms with E-state index in [-0.39, 0.29) is 11.9 Å². The van der Waals surface area contributed by atoms with Gasteiger partial charge in [0.2, 0.25) is 5.91 Å². The Bertz CT molecular complexity index is 932. The van der Waals surface area contributed by atoms with Gasteiger partial charge in [0, 0.05) is 25.7 Å². The molecule has 0 saturated carbocycles. The van der Waals surface area contributed by atoms with Gasteiger partial charge in [-0.2, -0.15) is 0 Å². The van der Waals surface area contributed by atoms with Crippen molar-refractivity contribution in [3.8, 4) is 11.4 Å². The van der Waals surface area contributed by atoms with E-state index in [1.807, 2.05) is 52.8 Å². The fraction of sp³-hybridized carbons (Fsp3) is 0.278. The second-order valence-corrected chi connectivity index (χ2v) is 6.56. The van der Waals surface area contributed by atoms with Crippen molar-refractivity contribution >= 4 is 29.0 Å². The highest BCUT2D eigenvalue weighted by molar-refractivity contribution is 6.30. The molecule has 7 heteroatoms. The molecule has 4 heterocycles. The summed E-state index contributed by atoms with van der Waals surface area (Å²) in [5.74, 6) is 0.991. The molecule has 4 rings (SSSR count). The maximum absolute atomic E-state index is 11.6. The molecule has 25 heavy (non-hydrogen) atoms. The van der Waals surface area contributed by atoms with E-state index in [1.165, 1.54) is 0 Å². The standard InChI is InChI=1S/C18H18ClN5O/c1-2-18(25)23-10-13(11-23)21-16-5-3-4-14(22-16)15-8-20-17-7-6-12(19)9-24(15)17/h3-9,13H,2,10-11H2,1H3,(H,21,22). The lowest BCUT2D eigenvalue weighted by Crippen LogP contribution is -2.56. The maximum Gasteiger partial charge on any atom is 0.222 e. The molecular formula is C18H18ClN5O. The molecule has 0 aromatic carbocycles. The Morgan fingerprint density at radius 2 is 2.16 bits per heavy atom. The van der Waals surface area contributed by atoms with Crippen LogP contribution in [-0.4, -0.2) is 44.3 Å². The van der Waals surface area contributed by atoms with Crippen molar-refractivity contribution in [3.63, 3.8) is 0 Å². The summed E-state index contributed by atoms with van der Waals surface area (Å²) in [5, 5.41) is 4.04. The van der Waals surface area contributed by atoms with E-state index in [2.05, 4.69) is 15.3 Å². The largest absolute Gasteiger partial charge is 0.364 e. The number of anilines is 1. The number of nitrogens with zero attached hydrogens (tertiary/aromatic N) is 4. The molecule has 6 nitrogen and oxygen atoms in total. The molecule has 3 aromatic rings. The number of hydrogen-bond acceptors (Lipinski definition) is 4. The van der Waals surface area contributed by atoms with Crippen LogP contribution in [0.25, 0.3) is 17.0 Å². The van der Waals surface area contributed by atoms with Crippen LogP contribution in [0.5, 0.6) is 0 Å². The number of amides is 1. The van der Waals surface area contributed by atoms with Crippen molar-refractivity contribution in [1.29, 1.82) is 0 Å². The number of imidazole rings is 1. The Morgan fingerprint density at radius 3 is 2.96 bits per heavy atom. The van der Waals surface area contributed by atoms with Crippen molar-refractivity contribution in [2.24, 2.45) is 0 Å². The minimum Gasteiger partial charge on any atom is -0.364 e. The molecule has 0 spiro atoms. The fourth-order valence-electron chi connectivity index (χ4n) is 3.01. The van der Waals surface area contributed by atoms with Gasteiger partial charge in [-0.1, -0.05) is 24.6 Å². The lowest BCUT2D eigenvalue weighted by molar-refractivity contribution is -0.134. The number of nitrogens with one attached hydrogen (secondary N) is 1. The molecule has 0 radical (unpaired) electrons. The Morgan fingerprint density at radius 1 is 1.32 bits per heavy atom. The summed E-state index contributed by atoms with van der Waals surface area (Å²) in [6.45, 7) is 3.34. The molecule has 1 fully saturated rings. The first-order valence-corrected chi connectivity index (χ1v) is 8.66. The van der Waals surface area contributed by atoms with Gasteiger partial charge in [0.25, 0.3) is 0 Å². The molecule has 0 atom stereocenters. The molecule has 1 N–H and O–H groups in total. The average Bonchev–Trinajstić information content (AvgIpc) is 3.00. The van der Waals surface area contributed by atoms with Crippen LogP contribution in [0.4, 0.5) is 5.82 Å². The van der Waals surface area contributed by atoms with Gasteiger partial charge in [-0.05, 0) is 24.3 Å². The highest BCUT2D eigenvalue weighted by atomic mass is 35.5. The third-order valence-electron chi connectivity index (χ3n) is 4.37. The second-order valence-electron chi connectivity index (χ2n) is 6.12. The van der Waals surface area contributed by atoms with E-state index >= 15 is 0 Å². The minimum absolute atomic E-state index is 0.197. The highest BCUT2D eigenvalue weighted by Crippen LogP contribution is 2.23. The number of pyridine rings is 2. The van der Waals surface area contributed by atoms with Crippen molar-refractivity contribution in [3.05, 3.63) is 47.7 Å². The average molecular weight is 356 g/mol. The molecular weight excluding hydrogens is 338 g/mol. The number of carbonyl (C=O) groups excluding carboxylic acids is 1. The monoisotopic (exact) mass is 355 g/mol. The summed E-state index contributed by atoms with van der Waals surface area (Å²) in [4.78, 5) is 22.6. The zero-order chi connectivity index (χ0) is 17.4. The topological polar surface area (TPSA) is 62.5 Å². The zero-order valence-electron chi connectivity index (χ0n) is 13.8. The van der Waals surface area contributed by atoms with Crippen molar-refractivity contribution < 1.29 is 4.79 Å². The van der Waals surface area contributed by atoms with E-state index in [4.69, 9.17) is 11.6 Å². The smallest absolute Gasteiger partial charge is 0.222 e. The number of fused-ring (bicyclic) bond motifs is 1. The number of hydrogen-bond donors (Lipinski definition) is 1. The van der Waals surface area contributed by atoms with Gasteiger partial charge in [-0.3, -0.25) is 9.20 Å². The predicted octanol–water partition coefficient (Wildman–Crippen LogP) is 3.08. The summed E-state index contributed by atoms with van der Waals surface area (Å²) in [5.41, 5.74) is 2.53. The van der Waals surface area contributed by atoms with Crippen LogP contribution < -0.4 is 5.32 Å². The Balaban J connectivity index is 1.54. The highest BCUT2D eigenvalue weighted by Gasteiger charge is 2.29. The Kier molecular flexibility index (Phi) is 4.05. The summed E-state index contributed by atoms with van der Waals surface area (Å²) in [7, 11) is 0. The number of rotatable bonds is 4. The first-order chi connectivity index (χ1) is 12.1. The Labute approximate surface area is 150 Å². The molecule has 3 aromatic heterocycles. The molecule has 0 bridgehead atoms. The van der Waals surface area contributed by atoms with Crippen LogP contribution in [0.15, 0.2) is 42.7 Å². The van der Waals surface area contributed by atoms with Crippen LogP contribution in [0.1, 0.15) is 13.3 Å². The van der Waals surface area contributed by atoms with Gasteiger partial charge in [0.1, 0.15) is 11.5 Å². The maximum atomic E-state index is 11.6. The van der Waals surface area contributed by atoms with Crippen molar-refractivity contribution in [2.45, 2.75) is 19.4 Å². The van der Waals surface area contributed by atoms with Crippen LogP contribution in [0.2, 0.25) is 5.02 Å². The quantitative estimate of drug-likeness (QED) is 0.781. The van der Waals surface area contributed by atoms with Crippen LogP contribution >= 0.6 is 11.6 Å². The molecule has 1 aliphatic rings. The first-order valence-electron chi connectivity index (χ1n) is 8.28. The third-order valence-corrected chi connectivity index (χ3v) is 4.59. The number of aromatic nitrogens is 3. The van der Waals surface area contributed by atoms with Crippen molar-refractivity contribution in [2.75, 3.05) is 18.4 Å². The summed E-state index contributed by atoms with van der Waals surface area (Å²) in [6, 6.07) is 9.78. The SMILES string of the molecule is CCC(=O)N1CC(Nc2cccc(-c3cnc4ccc(Cl)cn34)n2)C1. The molecule has 1 aliphatic heterocycles. The molecule has 128 valence electrons. The first kappa shape index (κ1) is 15.9. The second kappa shape index (κ2) is 6.37. The van der Waals surface area contributed by atoms with Crippen LogP contribution in [-0.2, 0) is 4.79 Å². The van der Waals surface area contributed by atoms with Crippen LogP contribution in [0, 0.1) is 0 Å². The van der Waals surface area contributed by atoms with Gasteiger partial charge in [0.15, 0.2) is 0 Å². The number of halogens is 1. The molecule has 0 unspecified atom stereocenters. The fourth-order valence-corrected chi connectivity index (χ4v) is 3.17. The normalized spacial score (nSPS) is 14.6. The molecule has 1 saturated heterocycles.